The largest absolute Gasteiger partial charge is 0.369 e. The van der Waals surface area contributed by atoms with E-state index in [-0.39, 0.29) is 58.4 Å². The Balaban J connectivity index is 2.45. The SMILES string of the molecule is NCCCCCC(=O)NCC(=O)NCC(=O)N[C@@H](Cc1ccccc1)C(=O)NCC(=O)NCOCCOCC(N)=O. The van der Waals surface area contributed by atoms with Gasteiger partial charge in [-0.05, 0) is 24.9 Å². The van der Waals surface area contributed by atoms with Crippen molar-refractivity contribution in [2.24, 2.45) is 11.5 Å². The molecule has 15 heteroatoms. The van der Waals surface area contributed by atoms with Crippen molar-refractivity contribution in [2.45, 2.75) is 38.1 Å². The van der Waals surface area contributed by atoms with Crippen LogP contribution in [-0.4, -0.2) is 94.2 Å². The van der Waals surface area contributed by atoms with Crippen LogP contribution in [0.15, 0.2) is 30.3 Å². The number of carbonyl (C=O) groups is 6. The Morgan fingerprint density at radius 3 is 2.07 bits per heavy atom. The van der Waals surface area contributed by atoms with Gasteiger partial charge in [-0.1, -0.05) is 36.8 Å². The van der Waals surface area contributed by atoms with Gasteiger partial charge < -0.3 is 47.5 Å². The molecular formula is C26H41N7O8. The summed E-state index contributed by atoms with van der Waals surface area (Å²) in [4.78, 5) is 71.7. The summed E-state index contributed by atoms with van der Waals surface area (Å²) in [6.07, 6.45) is 2.74. The van der Waals surface area contributed by atoms with Gasteiger partial charge in [0.2, 0.25) is 35.4 Å². The molecule has 6 amide bonds. The van der Waals surface area contributed by atoms with Crippen molar-refractivity contribution in [1.82, 2.24) is 26.6 Å². The average molecular weight is 580 g/mol. The number of unbranched alkanes of at least 4 members (excludes halogenated alkanes) is 2. The molecule has 0 bridgehead atoms. The highest BCUT2D eigenvalue weighted by Crippen LogP contribution is 2.04. The van der Waals surface area contributed by atoms with Crippen LogP contribution in [-0.2, 0) is 44.7 Å². The predicted molar refractivity (Wildman–Crippen MR) is 148 cm³/mol. The minimum Gasteiger partial charge on any atom is -0.369 e. The molecule has 0 saturated carbocycles. The summed E-state index contributed by atoms with van der Waals surface area (Å²) in [6.45, 7) is -0.657. The molecule has 0 radical (unpaired) electrons. The first kappa shape index (κ1) is 34.9. The number of ether oxygens (including phenoxy) is 2. The van der Waals surface area contributed by atoms with E-state index in [1.165, 1.54) is 0 Å². The normalized spacial score (nSPS) is 11.1. The van der Waals surface area contributed by atoms with Gasteiger partial charge in [-0.2, -0.15) is 0 Å². The molecular weight excluding hydrogens is 538 g/mol. The Hall–Kier alpha value is -4.08. The van der Waals surface area contributed by atoms with Crippen LogP contribution >= 0.6 is 0 Å². The Morgan fingerprint density at radius 1 is 0.732 bits per heavy atom. The molecule has 0 unspecified atom stereocenters. The number of amides is 6. The molecule has 0 aliphatic carbocycles. The topological polar surface area (TPSA) is 233 Å². The van der Waals surface area contributed by atoms with Crippen molar-refractivity contribution in [3.8, 4) is 0 Å². The van der Waals surface area contributed by atoms with Crippen LogP contribution in [0.2, 0.25) is 0 Å². The molecule has 0 aromatic heterocycles. The maximum Gasteiger partial charge on any atom is 0.243 e. The standard InChI is InChI=1S/C26H41N7O8/c27-10-6-2-5-9-22(35)29-14-23(36)30-16-25(38)33-20(13-19-7-3-1-4-8-19)26(39)31-15-24(37)32-18-41-12-11-40-17-21(28)34/h1,3-4,7-8,20H,2,5-6,9-18,27H2,(H2,28,34)(H,29,35)(H,30,36)(H,31,39)(H,32,37)(H,33,38)/t20-/m0/s1. The third-order valence-corrected chi connectivity index (χ3v) is 5.35. The molecule has 0 spiro atoms. The summed E-state index contributed by atoms with van der Waals surface area (Å²) in [5, 5.41) is 12.4. The Kier molecular flexibility index (Phi) is 18.5. The molecule has 1 rings (SSSR count). The van der Waals surface area contributed by atoms with Crippen LogP contribution < -0.4 is 38.1 Å². The lowest BCUT2D eigenvalue weighted by Crippen LogP contribution is -2.52. The lowest BCUT2D eigenvalue weighted by atomic mass is 10.1. The van der Waals surface area contributed by atoms with Gasteiger partial charge in [0, 0.05) is 12.8 Å². The third-order valence-electron chi connectivity index (χ3n) is 5.35. The van der Waals surface area contributed by atoms with Gasteiger partial charge in [0.05, 0.1) is 32.8 Å². The van der Waals surface area contributed by atoms with Crippen molar-refractivity contribution in [3.05, 3.63) is 35.9 Å². The van der Waals surface area contributed by atoms with E-state index < -0.39 is 42.1 Å². The minimum atomic E-state index is -1.03. The van der Waals surface area contributed by atoms with Gasteiger partial charge in [-0.15, -0.1) is 0 Å². The van der Waals surface area contributed by atoms with E-state index in [9.17, 15) is 28.8 Å². The van der Waals surface area contributed by atoms with Crippen LogP contribution in [0.4, 0.5) is 0 Å². The van der Waals surface area contributed by atoms with Crippen molar-refractivity contribution < 1.29 is 38.2 Å². The number of hydrogen-bond acceptors (Lipinski definition) is 9. The molecule has 1 aromatic carbocycles. The predicted octanol–water partition coefficient (Wildman–Crippen LogP) is -2.83. The monoisotopic (exact) mass is 579 g/mol. The van der Waals surface area contributed by atoms with Crippen LogP contribution in [0.3, 0.4) is 0 Å². The summed E-state index contributed by atoms with van der Waals surface area (Å²) in [7, 11) is 0. The fourth-order valence-corrected chi connectivity index (χ4v) is 3.27. The zero-order valence-electron chi connectivity index (χ0n) is 23.1. The van der Waals surface area contributed by atoms with Crippen LogP contribution in [0.25, 0.3) is 0 Å². The quantitative estimate of drug-likeness (QED) is 0.0553. The van der Waals surface area contributed by atoms with Gasteiger partial charge >= 0.3 is 0 Å². The second-order valence-corrected chi connectivity index (χ2v) is 8.85. The first-order valence-corrected chi connectivity index (χ1v) is 13.3. The van der Waals surface area contributed by atoms with E-state index in [4.69, 9.17) is 20.9 Å². The number of carbonyl (C=O) groups excluding carboxylic acids is 6. The van der Waals surface area contributed by atoms with Crippen LogP contribution in [0.5, 0.6) is 0 Å². The Bertz CT molecular complexity index is 978. The van der Waals surface area contributed by atoms with E-state index in [1.807, 2.05) is 6.07 Å². The van der Waals surface area contributed by atoms with Gasteiger partial charge in [-0.25, -0.2) is 0 Å². The summed E-state index contributed by atoms with van der Waals surface area (Å²) >= 11 is 0. The molecule has 9 N–H and O–H groups in total. The number of nitrogens with one attached hydrogen (secondary N) is 5. The molecule has 228 valence electrons. The minimum absolute atomic E-state index is 0.112. The number of nitrogens with two attached hydrogens (primary N) is 2. The van der Waals surface area contributed by atoms with Gasteiger partial charge in [0.1, 0.15) is 19.4 Å². The molecule has 0 aliphatic rings. The first-order valence-electron chi connectivity index (χ1n) is 13.3. The molecule has 0 fully saturated rings. The van der Waals surface area contributed by atoms with Crippen molar-refractivity contribution >= 4 is 35.4 Å². The summed E-state index contributed by atoms with van der Waals surface area (Å²) in [6, 6.07) is 7.91. The fourth-order valence-electron chi connectivity index (χ4n) is 3.27. The number of primary amides is 1. The Morgan fingerprint density at radius 2 is 1.37 bits per heavy atom. The highest BCUT2D eigenvalue weighted by molar-refractivity contribution is 5.92. The number of rotatable bonds is 22. The van der Waals surface area contributed by atoms with Crippen LogP contribution in [0.1, 0.15) is 31.2 Å². The zero-order chi connectivity index (χ0) is 30.3. The highest BCUT2D eigenvalue weighted by atomic mass is 16.5. The zero-order valence-corrected chi connectivity index (χ0v) is 23.1. The Labute approximate surface area is 238 Å². The smallest absolute Gasteiger partial charge is 0.243 e. The maximum atomic E-state index is 12.8. The van der Waals surface area contributed by atoms with E-state index in [1.54, 1.807) is 24.3 Å². The van der Waals surface area contributed by atoms with Crippen molar-refractivity contribution in [3.63, 3.8) is 0 Å². The first-order chi connectivity index (χ1) is 19.7. The molecule has 0 aliphatic heterocycles. The van der Waals surface area contributed by atoms with Gasteiger partial charge in [0.25, 0.3) is 0 Å². The number of hydrogen-bond donors (Lipinski definition) is 7. The second kappa shape index (κ2) is 21.7. The maximum absolute atomic E-state index is 12.8. The summed E-state index contributed by atoms with van der Waals surface area (Å²) < 4.78 is 10.0. The van der Waals surface area contributed by atoms with Gasteiger partial charge in [-0.3, -0.25) is 28.8 Å². The average Bonchev–Trinajstić information content (AvgIpc) is 2.95. The lowest BCUT2D eigenvalue weighted by molar-refractivity contribution is -0.131. The number of benzene rings is 1. The molecule has 0 saturated heterocycles. The third kappa shape index (κ3) is 18.8. The van der Waals surface area contributed by atoms with Crippen LogP contribution in [0, 0.1) is 0 Å². The van der Waals surface area contributed by atoms with Crippen molar-refractivity contribution in [1.29, 1.82) is 0 Å². The second-order valence-electron chi connectivity index (χ2n) is 8.85. The van der Waals surface area contributed by atoms with E-state index in [0.717, 1.165) is 18.4 Å². The molecule has 15 nitrogen and oxygen atoms in total. The summed E-state index contributed by atoms with van der Waals surface area (Å²) in [5.41, 5.74) is 11.1. The van der Waals surface area contributed by atoms with Gasteiger partial charge in [0.15, 0.2) is 0 Å². The molecule has 1 atom stereocenters. The lowest BCUT2D eigenvalue weighted by Gasteiger charge is -2.19. The highest BCUT2D eigenvalue weighted by Gasteiger charge is 2.22. The van der Waals surface area contributed by atoms with E-state index in [2.05, 4.69) is 26.6 Å². The van der Waals surface area contributed by atoms with E-state index >= 15 is 0 Å². The molecule has 1 aromatic rings. The molecule has 0 heterocycles. The van der Waals surface area contributed by atoms with Crippen molar-refractivity contribution in [2.75, 3.05) is 52.7 Å². The van der Waals surface area contributed by atoms with E-state index in [0.29, 0.717) is 13.0 Å². The fraction of sp³-hybridized carbons (Fsp3) is 0.538. The molecule has 41 heavy (non-hydrogen) atoms. The summed E-state index contributed by atoms with van der Waals surface area (Å²) in [5.74, 6) is -3.20.